The molecule has 0 saturated carbocycles. The van der Waals surface area contributed by atoms with E-state index < -0.39 is 0 Å². The van der Waals surface area contributed by atoms with Crippen molar-refractivity contribution < 1.29 is 4.79 Å². The molecule has 2 heterocycles. The van der Waals surface area contributed by atoms with Crippen LogP contribution in [0.25, 0.3) is 22.2 Å². The van der Waals surface area contributed by atoms with Crippen molar-refractivity contribution in [3.05, 3.63) is 81.2 Å². The Labute approximate surface area is 197 Å². The molecule has 2 aromatic carbocycles. The number of aryl methyl sites for hydroxylation is 3. The number of benzene rings is 2. The van der Waals surface area contributed by atoms with Crippen molar-refractivity contribution in [3.8, 4) is 17.3 Å². The molecule has 0 bridgehead atoms. The van der Waals surface area contributed by atoms with Gasteiger partial charge in [-0.1, -0.05) is 36.8 Å². The topological polar surface area (TPSA) is 65.8 Å². The zero-order valence-electron chi connectivity index (χ0n) is 18.9. The highest BCUT2D eigenvalue weighted by molar-refractivity contribution is 7.16. The van der Waals surface area contributed by atoms with Crippen molar-refractivity contribution in [2.45, 2.75) is 46.0 Å². The number of nitriles is 1. The average Bonchev–Trinajstić information content (AvgIpc) is 2.98. The maximum atomic E-state index is 13.5. The number of carbonyl (C=O) groups is 1. The summed E-state index contributed by atoms with van der Waals surface area (Å²) in [6.07, 6.45) is 5.33. The van der Waals surface area contributed by atoms with Gasteiger partial charge < -0.3 is 5.32 Å². The minimum atomic E-state index is -0.202. The molecule has 5 heteroatoms. The summed E-state index contributed by atoms with van der Waals surface area (Å²) in [5.41, 5.74) is 7.28. The fourth-order valence-corrected chi connectivity index (χ4v) is 5.77. The highest BCUT2D eigenvalue weighted by atomic mass is 32.1. The summed E-state index contributed by atoms with van der Waals surface area (Å²) < 4.78 is 0. The van der Waals surface area contributed by atoms with Crippen LogP contribution in [0.15, 0.2) is 48.5 Å². The third kappa shape index (κ3) is 4.03. The van der Waals surface area contributed by atoms with Crippen LogP contribution < -0.4 is 5.32 Å². The second-order valence-electron chi connectivity index (χ2n) is 8.71. The molecule has 1 amide bonds. The molecular weight excluding hydrogens is 426 g/mol. The van der Waals surface area contributed by atoms with Crippen molar-refractivity contribution >= 4 is 33.1 Å². The van der Waals surface area contributed by atoms with Crippen LogP contribution in [0.3, 0.4) is 0 Å². The lowest BCUT2D eigenvalue weighted by Crippen LogP contribution is -2.13. The lowest BCUT2D eigenvalue weighted by Gasteiger charge is -2.11. The normalized spacial score (nSPS) is 13.2. The summed E-state index contributed by atoms with van der Waals surface area (Å²) >= 11 is 1.56. The number of pyridine rings is 1. The molecule has 2 aromatic heterocycles. The highest BCUT2D eigenvalue weighted by Gasteiger charge is 2.22. The van der Waals surface area contributed by atoms with Crippen LogP contribution in [0, 0.1) is 25.2 Å². The van der Waals surface area contributed by atoms with E-state index in [1.807, 2.05) is 36.4 Å². The molecule has 0 atom stereocenters. The predicted molar refractivity (Wildman–Crippen MR) is 135 cm³/mol. The fourth-order valence-electron chi connectivity index (χ4n) is 4.53. The number of fused-ring (bicyclic) bond motifs is 2. The lowest BCUT2D eigenvalue weighted by molar-refractivity contribution is 0.102. The minimum absolute atomic E-state index is 0.202. The first-order valence-electron chi connectivity index (χ1n) is 11.4. The molecule has 1 N–H and O–H groups in total. The number of aromatic nitrogens is 1. The van der Waals surface area contributed by atoms with E-state index in [-0.39, 0.29) is 5.91 Å². The number of thiophene rings is 1. The maximum Gasteiger partial charge on any atom is 0.257 e. The van der Waals surface area contributed by atoms with Crippen LogP contribution >= 0.6 is 11.3 Å². The van der Waals surface area contributed by atoms with E-state index in [4.69, 9.17) is 4.98 Å². The van der Waals surface area contributed by atoms with Gasteiger partial charge in [0.1, 0.15) is 11.1 Å². The first-order chi connectivity index (χ1) is 16.0. The van der Waals surface area contributed by atoms with Crippen molar-refractivity contribution in [1.82, 2.24) is 4.98 Å². The third-order valence-electron chi connectivity index (χ3n) is 6.52. The molecule has 1 aliphatic rings. The standard InChI is InChI=1S/C28H25N3OS/c1-17-12-13-19(14-18(17)2)25-15-22(20-8-6-7-10-24(20)30-25)27(32)31-28-23(16-29)21-9-4-3-5-11-26(21)33-28/h6-8,10,12-15H,3-5,9,11H2,1-2H3,(H,31,32). The van der Waals surface area contributed by atoms with Crippen LogP contribution in [0.2, 0.25) is 0 Å². The van der Waals surface area contributed by atoms with Gasteiger partial charge in [-0.25, -0.2) is 4.98 Å². The average molecular weight is 452 g/mol. The molecule has 0 fully saturated rings. The van der Waals surface area contributed by atoms with Crippen LogP contribution in [-0.2, 0) is 12.8 Å². The molecule has 0 spiro atoms. The number of rotatable bonds is 3. The molecule has 0 unspecified atom stereocenters. The van der Waals surface area contributed by atoms with Gasteiger partial charge in [0.2, 0.25) is 0 Å². The van der Waals surface area contributed by atoms with Crippen LogP contribution in [-0.4, -0.2) is 10.9 Å². The summed E-state index contributed by atoms with van der Waals surface area (Å²) in [6.45, 7) is 4.17. The largest absolute Gasteiger partial charge is 0.312 e. The molecule has 0 saturated heterocycles. The zero-order chi connectivity index (χ0) is 22.9. The van der Waals surface area contributed by atoms with Gasteiger partial charge in [0.05, 0.1) is 22.3 Å². The van der Waals surface area contributed by atoms with Gasteiger partial charge in [-0.05, 0) is 74.4 Å². The van der Waals surface area contributed by atoms with Crippen molar-refractivity contribution in [2.75, 3.05) is 5.32 Å². The molecule has 164 valence electrons. The molecule has 4 aromatic rings. The van der Waals surface area contributed by atoms with Gasteiger partial charge in [-0.3, -0.25) is 4.79 Å². The molecule has 1 aliphatic carbocycles. The lowest BCUT2D eigenvalue weighted by atomic mass is 10.0. The predicted octanol–water partition coefficient (Wildman–Crippen LogP) is 6.97. The smallest absolute Gasteiger partial charge is 0.257 e. The summed E-state index contributed by atoms with van der Waals surface area (Å²) in [5.74, 6) is -0.202. The number of hydrogen-bond donors (Lipinski definition) is 1. The van der Waals surface area contributed by atoms with Crippen molar-refractivity contribution in [1.29, 1.82) is 5.26 Å². The summed E-state index contributed by atoms with van der Waals surface area (Å²) in [5, 5.41) is 14.4. The summed E-state index contributed by atoms with van der Waals surface area (Å²) in [7, 11) is 0. The SMILES string of the molecule is Cc1ccc(-c2cc(C(=O)Nc3sc4c(c3C#N)CCCCC4)c3ccccc3n2)cc1C. The van der Waals surface area contributed by atoms with E-state index in [9.17, 15) is 10.1 Å². The van der Waals surface area contributed by atoms with Crippen LogP contribution in [0.5, 0.6) is 0 Å². The minimum Gasteiger partial charge on any atom is -0.312 e. The van der Waals surface area contributed by atoms with E-state index in [0.717, 1.165) is 53.4 Å². The number of nitrogens with zero attached hydrogens (tertiary/aromatic N) is 2. The second kappa shape index (κ2) is 8.80. The Morgan fingerprint density at radius 3 is 2.67 bits per heavy atom. The summed E-state index contributed by atoms with van der Waals surface area (Å²) in [6, 6.07) is 18.2. The van der Waals surface area contributed by atoms with Crippen LogP contribution in [0.1, 0.15) is 56.8 Å². The fraction of sp³-hybridized carbons (Fsp3) is 0.250. The highest BCUT2D eigenvalue weighted by Crippen LogP contribution is 2.37. The molecule has 0 radical (unpaired) electrons. The first kappa shape index (κ1) is 21.4. The number of nitrogens with one attached hydrogen (secondary N) is 1. The Morgan fingerprint density at radius 2 is 1.85 bits per heavy atom. The van der Waals surface area contributed by atoms with E-state index in [2.05, 4.69) is 37.4 Å². The number of amides is 1. The van der Waals surface area contributed by atoms with Gasteiger partial charge in [-0.15, -0.1) is 11.3 Å². The van der Waals surface area contributed by atoms with Gasteiger partial charge in [0, 0.05) is 15.8 Å². The molecule has 4 nitrogen and oxygen atoms in total. The van der Waals surface area contributed by atoms with E-state index in [1.54, 1.807) is 11.3 Å². The third-order valence-corrected chi connectivity index (χ3v) is 7.73. The number of hydrogen-bond acceptors (Lipinski definition) is 4. The molecule has 5 rings (SSSR count). The molecule has 33 heavy (non-hydrogen) atoms. The monoisotopic (exact) mass is 451 g/mol. The second-order valence-corrected chi connectivity index (χ2v) is 9.81. The number of para-hydroxylation sites is 1. The Balaban J connectivity index is 1.58. The Kier molecular flexibility index (Phi) is 5.70. The van der Waals surface area contributed by atoms with Gasteiger partial charge in [0.15, 0.2) is 0 Å². The van der Waals surface area contributed by atoms with Gasteiger partial charge in [-0.2, -0.15) is 5.26 Å². The summed E-state index contributed by atoms with van der Waals surface area (Å²) in [4.78, 5) is 19.6. The molecular formula is C28H25N3OS. The Bertz CT molecular complexity index is 1430. The van der Waals surface area contributed by atoms with Gasteiger partial charge >= 0.3 is 0 Å². The maximum absolute atomic E-state index is 13.5. The number of carbonyl (C=O) groups excluding carboxylic acids is 1. The Hall–Kier alpha value is -3.49. The Morgan fingerprint density at radius 1 is 1.03 bits per heavy atom. The molecule has 0 aliphatic heterocycles. The zero-order valence-corrected chi connectivity index (χ0v) is 19.7. The first-order valence-corrected chi connectivity index (χ1v) is 12.2. The van der Waals surface area contributed by atoms with Gasteiger partial charge in [0.25, 0.3) is 5.91 Å². The van der Waals surface area contributed by atoms with E-state index in [1.165, 1.54) is 22.4 Å². The van der Waals surface area contributed by atoms with Crippen LogP contribution in [0.4, 0.5) is 5.00 Å². The van der Waals surface area contributed by atoms with E-state index in [0.29, 0.717) is 16.1 Å². The quantitative estimate of drug-likeness (QED) is 0.342. The van der Waals surface area contributed by atoms with Crippen molar-refractivity contribution in [2.24, 2.45) is 0 Å². The van der Waals surface area contributed by atoms with E-state index >= 15 is 0 Å². The van der Waals surface area contributed by atoms with Crippen molar-refractivity contribution in [3.63, 3.8) is 0 Å². The number of anilines is 1.